The highest BCUT2D eigenvalue weighted by molar-refractivity contribution is 6.35. The van der Waals surface area contributed by atoms with E-state index in [1.54, 1.807) is 0 Å². The number of halogens is 1. The van der Waals surface area contributed by atoms with Crippen molar-refractivity contribution < 1.29 is 0 Å². The van der Waals surface area contributed by atoms with E-state index in [0.29, 0.717) is 6.04 Å². The highest BCUT2D eigenvalue weighted by Gasteiger charge is 2.21. The van der Waals surface area contributed by atoms with Crippen molar-refractivity contribution in [3.63, 3.8) is 0 Å². The van der Waals surface area contributed by atoms with Crippen molar-refractivity contribution in [1.29, 1.82) is 0 Å². The van der Waals surface area contributed by atoms with E-state index in [9.17, 15) is 0 Å². The van der Waals surface area contributed by atoms with Gasteiger partial charge in [-0.2, -0.15) is 0 Å². The quantitative estimate of drug-likeness (QED) is 0.907. The lowest BCUT2D eigenvalue weighted by atomic mass is 10.2. The van der Waals surface area contributed by atoms with Crippen molar-refractivity contribution in [1.82, 2.24) is 14.9 Å². The number of benzene rings is 1. The standard InChI is InChI=1S/C13H16ClN3/c1-8-5-10(14)13-11(6-8)17(2)12(16-13)7-15-9-3-4-9/h5-6,9,15H,3-4,7H2,1-2H3. The molecular weight excluding hydrogens is 234 g/mol. The normalized spacial score (nSPS) is 15.7. The van der Waals surface area contributed by atoms with Gasteiger partial charge in [0.1, 0.15) is 11.3 Å². The Kier molecular flexibility index (Phi) is 2.60. The zero-order valence-corrected chi connectivity index (χ0v) is 10.9. The van der Waals surface area contributed by atoms with E-state index in [0.717, 1.165) is 28.4 Å². The molecule has 1 fully saturated rings. The number of imidazole rings is 1. The largest absolute Gasteiger partial charge is 0.330 e. The lowest BCUT2D eigenvalue weighted by Crippen LogP contribution is -2.18. The van der Waals surface area contributed by atoms with Gasteiger partial charge in [0, 0.05) is 13.1 Å². The molecule has 0 aliphatic heterocycles. The number of fused-ring (bicyclic) bond motifs is 1. The first-order valence-corrected chi connectivity index (χ1v) is 6.38. The molecule has 2 aromatic rings. The van der Waals surface area contributed by atoms with Crippen LogP contribution in [0.4, 0.5) is 0 Å². The Morgan fingerprint density at radius 1 is 1.47 bits per heavy atom. The molecule has 4 heteroatoms. The molecule has 0 spiro atoms. The molecule has 3 nitrogen and oxygen atoms in total. The smallest absolute Gasteiger partial charge is 0.123 e. The predicted octanol–water partition coefficient (Wildman–Crippen LogP) is 2.79. The first kappa shape index (κ1) is 11.1. The molecule has 0 saturated heterocycles. The molecular formula is C13H16ClN3. The van der Waals surface area contributed by atoms with Gasteiger partial charge in [-0.3, -0.25) is 0 Å². The van der Waals surface area contributed by atoms with Crippen LogP contribution >= 0.6 is 11.6 Å². The van der Waals surface area contributed by atoms with Gasteiger partial charge < -0.3 is 9.88 Å². The summed E-state index contributed by atoms with van der Waals surface area (Å²) in [7, 11) is 2.05. The van der Waals surface area contributed by atoms with Gasteiger partial charge in [0.2, 0.25) is 0 Å². The Labute approximate surface area is 106 Å². The summed E-state index contributed by atoms with van der Waals surface area (Å²) in [6.45, 7) is 2.88. The van der Waals surface area contributed by atoms with Crippen LogP contribution in [-0.4, -0.2) is 15.6 Å². The SMILES string of the molecule is Cc1cc(Cl)c2nc(CNC3CC3)n(C)c2c1. The van der Waals surface area contributed by atoms with Gasteiger partial charge in [0.15, 0.2) is 0 Å². The maximum absolute atomic E-state index is 6.23. The molecule has 1 aromatic heterocycles. The Hall–Kier alpha value is -1.06. The maximum atomic E-state index is 6.23. The van der Waals surface area contributed by atoms with Crippen molar-refractivity contribution in [2.24, 2.45) is 7.05 Å². The van der Waals surface area contributed by atoms with Crippen molar-refractivity contribution in [2.75, 3.05) is 0 Å². The highest BCUT2D eigenvalue weighted by atomic mass is 35.5. The van der Waals surface area contributed by atoms with E-state index >= 15 is 0 Å². The first-order chi connectivity index (χ1) is 8.15. The van der Waals surface area contributed by atoms with E-state index in [4.69, 9.17) is 11.6 Å². The van der Waals surface area contributed by atoms with Gasteiger partial charge in [0.25, 0.3) is 0 Å². The average molecular weight is 250 g/mol. The summed E-state index contributed by atoms with van der Waals surface area (Å²) < 4.78 is 2.13. The van der Waals surface area contributed by atoms with Crippen LogP contribution in [0.2, 0.25) is 5.02 Å². The second kappa shape index (κ2) is 4.00. The Morgan fingerprint density at radius 3 is 2.94 bits per heavy atom. The third kappa shape index (κ3) is 2.05. The summed E-state index contributed by atoms with van der Waals surface area (Å²) in [4.78, 5) is 4.62. The minimum atomic E-state index is 0.701. The molecule has 1 aliphatic rings. The molecule has 1 N–H and O–H groups in total. The molecule has 3 rings (SSSR count). The molecule has 0 amide bonds. The molecule has 17 heavy (non-hydrogen) atoms. The minimum absolute atomic E-state index is 0.701. The number of rotatable bonds is 3. The van der Waals surface area contributed by atoms with Gasteiger partial charge in [-0.25, -0.2) is 4.98 Å². The predicted molar refractivity (Wildman–Crippen MR) is 70.3 cm³/mol. The second-order valence-corrected chi connectivity index (χ2v) is 5.26. The van der Waals surface area contributed by atoms with Gasteiger partial charge in [-0.05, 0) is 37.5 Å². The monoisotopic (exact) mass is 249 g/mol. The van der Waals surface area contributed by atoms with Crippen LogP contribution in [0.1, 0.15) is 24.2 Å². The Morgan fingerprint density at radius 2 is 2.24 bits per heavy atom. The van der Waals surface area contributed by atoms with Gasteiger partial charge in [-0.1, -0.05) is 11.6 Å². The molecule has 1 saturated carbocycles. The fraction of sp³-hybridized carbons (Fsp3) is 0.462. The summed E-state index contributed by atoms with van der Waals surface area (Å²) >= 11 is 6.23. The van der Waals surface area contributed by atoms with Crippen molar-refractivity contribution in [2.45, 2.75) is 32.4 Å². The van der Waals surface area contributed by atoms with E-state index in [1.807, 2.05) is 6.07 Å². The van der Waals surface area contributed by atoms with Crippen LogP contribution in [0.3, 0.4) is 0 Å². The second-order valence-electron chi connectivity index (χ2n) is 4.86. The number of aromatic nitrogens is 2. The van der Waals surface area contributed by atoms with Crippen LogP contribution in [0.25, 0.3) is 11.0 Å². The fourth-order valence-electron chi connectivity index (χ4n) is 2.11. The third-order valence-corrected chi connectivity index (χ3v) is 3.59. The summed E-state index contributed by atoms with van der Waals surface area (Å²) in [5.74, 6) is 1.06. The van der Waals surface area contributed by atoms with Gasteiger partial charge >= 0.3 is 0 Å². The Balaban J connectivity index is 2.01. The van der Waals surface area contributed by atoms with Crippen LogP contribution in [-0.2, 0) is 13.6 Å². The van der Waals surface area contributed by atoms with Crippen molar-refractivity contribution >= 4 is 22.6 Å². The summed E-state index contributed by atoms with van der Waals surface area (Å²) in [6, 6.07) is 4.80. The summed E-state index contributed by atoms with van der Waals surface area (Å²) in [5.41, 5.74) is 3.20. The van der Waals surface area contributed by atoms with Crippen molar-refractivity contribution in [3.8, 4) is 0 Å². The fourth-order valence-corrected chi connectivity index (χ4v) is 2.42. The third-order valence-electron chi connectivity index (χ3n) is 3.30. The molecule has 0 radical (unpaired) electrons. The van der Waals surface area contributed by atoms with Crippen LogP contribution < -0.4 is 5.32 Å². The molecule has 1 heterocycles. The number of nitrogens with zero attached hydrogens (tertiary/aromatic N) is 2. The minimum Gasteiger partial charge on any atom is -0.330 e. The molecule has 1 aromatic carbocycles. The summed E-state index contributed by atoms with van der Waals surface area (Å²) in [5, 5.41) is 4.23. The zero-order chi connectivity index (χ0) is 12.0. The molecule has 0 bridgehead atoms. The number of hydrogen-bond acceptors (Lipinski definition) is 2. The Bertz CT molecular complexity index is 570. The van der Waals surface area contributed by atoms with Crippen LogP contribution in [0.15, 0.2) is 12.1 Å². The lowest BCUT2D eigenvalue weighted by Gasteiger charge is -2.03. The zero-order valence-electron chi connectivity index (χ0n) is 10.1. The summed E-state index contributed by atoms with van der Waals surface area (Å²) in [6.07, 6.45) is 2.59. The molecule has 90 valence electrons. The van der Waals surface area contributed by atoms with Gasteiger partial charge in [0.05, 0.1) is 17.1 Å². The number of hydrogen-bond donors (Lipinski definition) is 1. The lowest BCUT2D eigenvalue weighted by molar-refractivity contribution is 0.639. The highest BCUT2D eigenvalue weighted by Crippen LogP contribution is 2.26. The van der Waals surface area contributed by atoms with E-state index in [-0.39, 0.29) is 0 Å². The topological polar surface area (TPSA) is 29.9 Å². The number of nitrogens with one attached hydrogen (secondary N) is 1. The van der Waals surface area contributed by atoms with Crippen molar-refractivity contribution in [3.05, 3.63) is 28.5 Å². The molecule has 0 unspecified atom stereocenters. The average Bonchev–Trinajstić information content (AvgIpc) is 3.04. The van der Waals surface area contributed by atoms with Crippen LogP contribution in [0, 0.1) is 6.92 Å². The first-order valence-electron chi connectivity index (χ1n) is 6.00. The number of aryl methyl sites for hydroxylation is 2. The molecule has 0 atom stereocenters. The van der Waals surface area contributed by atoms with Gasteiger partial charge in [-0.15, -0.1) is 0 Å². The van der Waals surface area contributed by atoms with E-state index in [1.165, 1.54) is 18.4 Å². The van der Waals surface area contributed by atoms with Crippen LogP contribution in [0.5, 0.6) is 0 Å². The van der Waals surface area contributed by atoms with E-state index in [2.05, 4.69) is 34.9 Å². The maximum Gasteiger partial charge on any atom is 0.123 e. The molecule has 1 aliphatic carbocycles. The van der Waals surface area contributed by atoms with E-state index < -0.39 is 0 Å².